The highest BCUT2D eigenvalue weighted by Crippen LogP contribution is 2.29. The summed E-state index contributed by atoms with van der Waals surface area (Å²) >= 11 is 0. The topological polar surface area (TPSA) is 65.6 Å². The van der Waals surface area contributed by atoms with Crippen molar-refractivity contribution in [1.29, 1.82) is 0 Å². The average molecular weight is 479 g/mol. The minimum Gasteiger partial charge on any atom is -0.479 e. The van der Waals surface area contributed by atoms with Gasteiger partial charge in [0.05, 0.1) is 18.3 Å². The first kappa shape index (κ1) is 26.5. The van der Waals surface area contributed by atoms with E-state index in [1.165, 1.54) is 5.70 Å². The van der Waals surface area contributed by atoms with Gasteiger partial charge < -0.3 is 25.6 Å². The van der Waals surface area contributed by atoms with E-state index < -0.39 is 0 Å². The van der Waals surface area contributed by atoms with E-state index in [1.807, 2.05) is 19.2 Å². The standard InChI is InChI=1S/C29H42N4O2/c1-5-7-13-25-27(33-18-11-19-35-29(33)12-6-2)14-9-8-10-15-28(34)32-26-20-23(30-4)16-17-24(26)22(3)21-31-25/h8-9,12-13,16-17,20-21,27,30-31H,5-7,10-11,14-15,18-19H2,1-4H3,(H,32,34)/b9-8+,22-21+,25-13+,29-12-. The van der Waals surface area contributed by atoms with Crippen molar-refractivity contribution in [2.45, 2.75) is 71.8 Å². The third-order valence-corrected chi connectivity index (χ3v) is 6.37. The van der Waals surface area contributed by atoms with Crippen molar-refractivity contribution < 1.29 is 9.53 Å². The zero-order valence-corrected chi connectivity index (χ0v) is 21.8. The molecule has 0 saturated carbocycles. The molecule has 1 atom stereocenters. The zero-order chi connectivity index (χ0) is 25.0. The van der Waals surface area contributed by atoms with Crippen LogP contribution in [0.5, 0.6) is 0 Å². The van der Waals surface area contributed by atoms with Crippen LogP contribution in [0.15, 0.2) is 60.3 Å². The lowest BCUT2D eigenvalue weighted by Gasteiger charge is -2.39. The Morgan fingerprint density at radius 3 is 2.86 bits per heavy atom. The first-order chi connectivity index (χ1) is 17.1. The Hall–Kier alpha value is -3.15. The smallest absolute Gasteiger partial charge is 0.224 e. The number of ether oxygens (including phenoxy) is 1. The number of fused-ring (bicyclic) bond motifs is 1. The molecule has 0 spiro atoms. The summed E-state index contributed by atoms with van der Waals surface area (Å²) in [4.78, 5) is 15.1. The SMILES string of the molecule is CC/C=C1\OCCCN1C1C/C=C/CCC(=O)Nc2cc(NC)ccc2/C(C)=C/N/C1=C/CCC. The predicted octanol–water partition coefficient (Wildman–Crippen LogP) is 6.38. The van der Waals surface area contributed by atoms with E-state index in [2.05, 4.69) is 78.2 Å². The third kappa shape index (κ3) is 7.41. The number of nitrogens with zero attached hydrogens (tertiary/aromatic N) is 1. The number of allylic oxidation sites excluding steroid dienone is 4. The monoisotopic (exact) mass is 478 g/mol. The summed E-state index contributed by atoms with van der Waals surface area (Å²) < 4.78 is 6.08. The second kappa shape index (κ2) is 13.7. The summed E-state index contributed by atoms with van der Waals surface area (Å²) in [6, 6.07) is 6.24. The fourth-order valence-electron chi connectivity index (χ4n) is 4.46. The molecule has 0 aliphatic carbocycles. The molecular formula is C29H42N4O2. The van der Waals surface area contributed by atoms with Gasteiger partial charge >= 0.3 is 0 Å². The van der Waals surface area contributed by atoms with Crippen molar-refractivity contribution in [1.82, 2.24) is 10.2 Å². The van der Waals surface area contributed by atoms with E-state index in [9.17, 15) is 4.79 Å². The maximum Gasteiger partial charge on any atom is 0.224 e. The van der Waals surface area contributed by atoms with Gasteiger partial charge in [-0.05, 0) is 62.8 Å². The number of amides is 1. The molecule has 3 N–H and O–H groups in total. The largest absolute Gasteiger partial charge is 0.479 e. The molecule has 1 amide bonds. The molecule has 1 aromatic carbocycles. The Labute approximate surface area is 211 Å². The highest BCUT2D eigenvalue weighted by atomic mass is 16.5. The summed E-state index contributed by atoms with van der Waals surface area (Å²) in [5.74, 6) is 1.01. The van der Waals surface area contributed by atoms with Crippen LogP contribution < -0.4 is 16.0 Å². The van der Waals surface area contributed by atoms with Crippen LogP contribution in [0.25, 0.3) is 5.57 Å². The molecule has 1 saturated heterocycles. The second-order valence-corrected chi connectivity index (χ2v) is 9.09. The Kier molecular flexibility index (Phi) is 10.3. The number of hydrogen-bond donors (Lipinski definition) is 3. The molecule has 1 unspecified atom stereocenters. The van der Waals surface area contributed by atoms with E-state index in [0.29, 0.717) is 12.8 Å². The number of nitrogens with one attached hydrogen (secondary N) is 3. The maximum absolute atomic E-state index is 12.7. The summed E-state index contributed by atoms with van der Waals surface area (Å²) in [6.45, 7) is 8.18. The Bertz CT molecular complexity index is 977. The molecule has 3 rings (SSSR count). The number of hydrogen-bond acceptors (Lipinski definition) is 5. The Morgan fingerprint density at radius 2 is 2.09 bits per heavy atom. The molecule has 0 aromatic heterocycles. The zero-order valence-electron chi connectivity index (χ0n) is 21.8. The van der Waals surface area contributed by atoms with Crippen molar-refractivity contribution in [3.63, 3.8) is 0 Å². The summed E-state index contributed by atoms with van der Waals surface area (Å²) in [5, 5.41) is 9.95. The number of unbranched alkanes of at least 4 members (excludes halogenated alkanes) is 1. The first-order valence-corrected chi connectivity index (χ1v) is 13.1. The lowest BCUT2D eigenvalue weighted by molar-refractivity contribution is -0.116. The molecule has 1 aromatic rings. The average Bonchev–Trinajstić information content (AvgIpc) is 2.87. The number of anilines is 2. The van der Waals surface area contributed by atoms with Gasteiger partial charge in [-0.15, -0.1) is 0 Å². The van der Waals surface area contributed by atoms with Crippen LogP contribution in [0.2, 0.25) is 0 Å². The van der Waals surface area contributed by atoms with Crippen molar-refractivity contribution in [2.24, 2.45) is 0 Å². The van der Waals surface area contributed by atoms with Gasteiger partial charge in [0.15, 0.2) is 5.88 Å². The second-order valence-electron chi connectivity index (χ2n) is 9.09. The van der Waals surface area contributed by atoms with E-state index in [0.717, 1.165) is 73.7 Å². The van der Waals surface area contributed by atoms with Gasteiger partial charge in [-0.2, -0.15) is 0 Å². The van der Waals surface area contributed by atoms with Crippen LogP contribution >= 0.6 is 0 Å². The summed E-state index contributed by atoms with van der Waals surface area (Å²) in [5.41, 5.74) is 5.06. The van der Waals surface area contributed by atoms with Crippen LogP contribution in [0.3, 0.4) is 0 Å². The van der Waals surface area contributed by atoms with E-state index in [-0.39, 0.29) is 11.9 Å². The van der Waals surface area contributed by atoms with Gasteiger partial charge in [0.2, 0.25) is 5.91 Å². The number of benzene rings is 1. The van der Waals surface area contributed by atoms with E-state index in [4.69, 9.17) is 4.74 Å². The van der Waals surface area contributed by atoms with Crippen molar-refractivity contribution in [3.05, 3.63) is 65.8 Å². The number of carbonyl (C=O) groups is 1. The third-order valence-electron chi connectivity index (χ3n) is 6.37. The van der Waals surface area contributed by atoms with Gasteiger partial charge in [-0.25, -0.2) is 0 Å². The number of rotatable bonds is 5. The van der Waals surface area contributed by atoms with Crippen LogP contribution in [0.4, 0.5) is 11.4 Å². The Morgan fingerprint density at radius 1 is 1.23 bits per heavy atom. The maximum atomic E-state index is 12.7. The molecule has 1 fully saturated rings. The molecule has 35 heavy (non-hydrogen) atoms. The summed E-state index contributed by atoms with van der Waals surface area (Å²) in [6.07, 6.45) is 17.0. The fourth-order valence-corrected chi connectivity index (χ4v) is 4.46. The minimum atomic E-state index is 0.0275. The molecule has 6 nitrogen and oxygen atoms in total. The quantitative estimate of drug-likeness (QED) is 0.428. The van der Waals surface area contributed by atoms with Crippen molar-refractivity contribution in [3.8, 4) is 0 Å². The van der Waals surface area contributed by atoms with Crippen LogP contribution in [0, 0.1) is 0 Å². The van der Waals surface area contributed by atoms with Gasteiger partial charge in [-0.1, -0.05) is 44.6 Å². The molecular weight excluding hydrogens is 436 g/mol. The first-order valence-electron chi connectivity index (χ1n) is 13.1. The van der Waals surface area contributed by atoms with Crippen LogP contribution in [-0.4, -0.2) is 37.0 Å². The van der Waals surface area contributed by atoms with E-state index >= 15 is 0 Å². The predicted molar refractivity (Wildman–Crippen MR) is 147 cm³/mol. The molecule has 2 aliphatic rings. The van der Waals surface area contributed by atoms with Gasteiger partial charge in [0.1, 0.15) is 0 Å². The summed E-state index contributed by atoms with van der Waals surface area (Å²) in [7, 11) is 1.89. The molecule has 6 heteroatoms. The van der Waals surface area contributed by atoms with Crippen LogP contribution in [0.1, 0.15) is 71.3 Å². The Balaban J connectivity index is 2.03. The fraction of sp³-hybridized carbons (Fsp3) is 0.483. The highest BCUT2D eigenvalue weighted by molar-refractivity contribution is 5.95. The minimum absolute atomic E-state index is 0.0275. The highest BCUT2D eigenvalue weighted by Gasteiger charge is 2.27. The van der Waals surface area contributed by atoms with Crippen LogP contribution in [-0.2, 0) is 9.53 Å². The lowest BCUT2D eigenvalue weighted by atomic mass is 10.0. The normalized spacial score (nSPS) is 24.3. The molecule has 2 heterocycles. The van der Waals surface area contributed by atoms with Gasteiger partial charge in [-0.3, -0.25) is 4.79 Å². The van der Waals surface area contributed by atoms with Gasteiger partial charge in [0.25, 0.3) is 0 Å². The lowest BCUT2D eigenvalue weighted by Crippen LogP contribution is -2.43. The molecule has 190 valence electrons. The number of carbonyl (C=O) groups excluding carboxylic acids is 1. The van der Waals surface area contributed by atoms with Gasteiger partial charge in [0, 0.05) is 43.2 Å². The molecule has 0 bridgehead atoms. The van der Waals surface area contributed by atoms with Crippen molar-refractivity contribution in [2.75, 3.05) is 30.8 Å². The van der Waals surface area contributed by atoms with Crippen molar-refractivity contribution >= 4 is 22.9 Å². The molecule has 0 radical (unpaired) electrons. The van der Waals surface area contributed by atoms with E-state index in [1.54, 1.807) is 0 Å². The molecule has 2 aliphatic heterocycles.